The fraction of sp³-hybridized carbons (Fsp3) is 0.316. The Morgan fingerprint density at radius 2 is 2.04 bits per heavy atom. The quantitative estimate of drug-likeness (QED) is 0.790. The molecule has 2 aromatic rings. The number of ether oxygens (including phenoxy) is 1. The molecule has 0 unspecified atom stereocenters. The molecule has 0 aliphatic rings. The number of nitriles is 1. The first-order valence-electron chi connectivity index (χ1n) is 8.03. The highest BCUT2D eigenvalue weighted by Crippen LogP contribution is 2.28. The Kier molecular flexibility index (Phi) is 6.43. The lowest BCUT2D eigenvalue weighted by atomic mass is 10.1. The fourth-order valence-corrected chi connectivity index (χ4v) is 3.31. The molecule has 0 saturated carbocycles. The molecule has 0 aliphatic heterocycles. The van der Waals surface area contributed by atoms with E-state index in [0.717, 1.165) is 17.0 Å². The Morgan fingerprint density at radius 1 is 1.36 bits per heavy atom. The van der Waals surface area contributed by atoms with E-state index in [1.807, 2.05) is 39.0 Å². The monoisotopic (exact) mass is 355 g/mol. The van der Waals surface area contributed by atoms with Crippen LogP contribution in [0.4, 0.5) is 5.69 Å². The third-order valence-electron chi connectivity index (χ3n) is 3.51. The summed E-state index contributed by atoms with van der Waals surface area (Å²) < 4.78 is 5.38. The molecule has 130 valence electrons. The van der Waals surface area contributed by atoms with Gasteiger partial charge in [-0.15, -0.1) is 0 Å². The number of carbonyl (C=O) groups excluding carboxylic acids is 1. The zero-order valence-electron chi connectivity index (χ0n) is 14.8. The van der Waals surface area contributed by atoms with Gasteiger partial charge in [0.05, 0.1) is 17.4 Å². The van der Waals surface area contributed by atoms with Crippen molar-refractivity contribution in [1.29, 1.82) is 5.26 Å². The van der Waals surface area contributed by atoms with Gasteiger partial charge in [0.2, 0.25) is 5.91 Å². The van der Waals surface area contributed by atoms with E-state index >= 15 is 0 Å². The molecule has 0 radical (unpaired) electrons. The van der Waals surface area contributed by atoms with E-state index < -0.39 is 0 Å². The van der Waals surface area contributed by atoms with Crippen LogP contribution in [0, 0.1) is 25.2 Å². The van der Waals surface area contributed by atoms with Crippen LogP contribution in [-0.2, 0) is 4.79 Å². The number of hydrogen-bond acceptors (Lipinski definition) is 5. The highest BCUT2D eigenvalue weighted by Gasteiger charge is 2.19. The van der Waals surface area contributed by atoms with Crippen LogP contribution < -0.4 is 10.1 Å². The molecule has 6 heteroatoms. The molecule has 0 saturated heterocycles. The zero-order chi connectivity index (χ0) is 18.4. The van der Waals surface area contributed by atoms with E-state index in [9.17, 15) is 10.1 Å². The predicted octanol–water partition coefficient (Wildman–Crippen LogP) is 4.09. The zero-order valence-corrected chi connectivity index (χ0v) is 15.6. The molecule has 1 heterocycles. The molecule has 1 aromatic heterocycles. The van der Waals surface area contributed by atoms with Crippen molar-refractivity contribution in [3.8, 4) is 11.8 Å². The normalized spacial score (nSPS) is 11.5. The summed E-state index contributed by atoms with van der Waals surface area (Å²) >= 11 is 1.29. The second-order valence-corrected chi connectivity index (χ2v) is 6.91. The molecule has 5 nitrogen and oxygen atoms in total. The molecule has 1 atom stereocenters. The third-order valence-corrected chi connectivity index (χ3v) is 4.60. The van der Waals surface area contributed by atoms with Gasteiger partial charge in [-0.1, -0.05) is 11.8 Å². The van der Waals surface area contributed by atoms with Crippen molar-refractivity contribution in [2.75, 3.05) is 11.9 Å². The van der Waals surface area contributed by atoms with Crippen molar-refractivity contribution in [3.05, 3.63) is 47.2 Å². The van der Waals surface area contributed by atoms with Crippen molar-refractivity contribution in [2.45, 2.75) is 38.0 Å². The summed E-state index contributed by atoms with van der Waals surface area (Å²) in [7, 11) is 0. The summed E-state index contributed by atoms with van der Waals surface area (Å²) in [6.45, 7) is 8.08. The number of nitrogens with zero attached hydrogens (tertiary/aromatic N) is 2. The maximum Gasteiger partial charge on any atom is 0.237 e. The van der Waals surface area contributed by atoms with Crippen LogP contribution in [0.25, 0.3) is 0 Å². The molecule has 0 spiro atoms. The number of nitrogens with one attached hydrogen (secondary N) is 1. The van der Waals surface area contributed by atoms with Gasteiger partial charge in [-0.3, -0.25) is 4.79 Å². The van der Waals surface area contributed by atoms with Gasteiger partial charge in [-0.25, -0.2) is 4.98 Å². The van der Waals surface area contributed by atoms with E-state index in [1.54, 1.807) is 19.1 Å². The van der Waals surface area contributed by atoms with Gasteiger partial charge < -0.3 is 10.1 Å². The Balaban J connectivity index is 2.07. The van der Waals surface area contributed by atoms with Crippen molar-refractivity contribution < 1.29 is 9.53 Å². The van der Waals surface area contributed by atoms with E-state index in [2.05, 4.69) is 16.4 Å². The molecule has 2 rings (SSSR count). The number of rotatable bonds is 6. The topological polar surface area (TPSA) is 75.0 Å². The van der Waals surface area contributed by atoms with Crippen LogP contribution in [-0.4, -0.2) is 22.7 Å². The number of anilines is 1. The number of carbonyl (C=O) groups is 1. The summed E-state index contributed by atoms with van der Waals surface area (Å²) in [5.74, 6) is 0.625. The standard InChI is InChI=1S/C19H21N3O2S/c1-5-24-16-8-6-15(7-9-16)22-18(23)14(4)25-19-17(11-20)12(2)10-13(3)21-19/h6-10,14H,5H2,1-4H3,(H,22,23)/t14-/m0/s1. The minimum absolute atomic E-state index is 0.140. The number of thioether (sulfide) groups is 1. The molecule has 0 aliphatic carbocycles. The van der Waals surface area contributed by atoms with Crippen LogP contribution in [0.2, 0.25) is 0 Å². The minimum atomic E-state index is -0.382. The third kappa shape index (κ3) is 4.97. The summed E-state index contributed by atoms with van der Waals surface area (Å²) in [5.41, 5.74) is 2.93. The van der Waals surface area contributed by atoms with E-state index in [-0.39, 0.29) is 11.2 Å². The van der Waals surface area contributed by atoms with Gasteiger partial charge in [0.15, 0.2) is 0 Å². The Labute approximate surface area is 152 Å². The van der Waals surface area contributed by atoms with Gasteiger partial charge in [-0.2, -0.15) is 5.26 Å². The number of pyridine rings is 1. The lowest BCUT2D eigenvalue weighted by Crippen LogP contribution is -2.22. The number of aromatic nitrogens is 1. The minimum Gasteiger partial charge on any atom is -0.494 e. The predicted molar refractivity (Wildman–Crippen MR) is 100.0 cm³/mol. The number of benzene rings is 1. The van der Waals surface area contributed by atoms with Crippen LogP contribution in [0.1, 0.15) is 30.7 Å². The van der Waals surface area contributed by atoms with Gasteiger partial charge in [0.25, 0.3) is 0 Å². The molecule has 1 N–H and O–H groups in total. The molecule has 0 bridgehead atoms. The molecule has 1 amide bonds. The smallest absolute Gasteiger partial charge is 0.237 e. The Bertz CT molecular complexity index is 798. The first kappa shape index (κ1) is 18.8. The summed E-state index contributed by atoms with van der Waals surface area (Å²) in [6.07, 6.45) is 0. The Morgan fingerprint density at radius 3 is 2.64 bits per heavy atom. The molecule has 25 heavy (non-hydrogen) atoms. The van der Waals surface area contributed by atoms with E-state index in [4.69, 9.17) is 4.74 Å². The maximum absolute atomic E-state index is 12.4. The molecule has 1 aromatic carbocycles. The maximum atomic E-state index is 12.4. The van der Waals surface area contributed by atoms with Gasteiger partial charge in [0, 0.05) is 11.4 Å². The van der Waals surface area contributed by atoms with Crippen LogP contribution in [0.5, 0.6) is 5.75 Å². The average Bonchev–Trinajstić information content (AvgIpc) is 2.56. The number of amides is 1. The second kappa shape index (κ2) is 8.54. The summed E-state index contributed by atoms with van der Waals surface area (Å²) in [5, 5.41) is 12.4. The van der Waals surface area contributed by atoms with Crippen LogP contribution in [0.3, 0.4) is 0 Å². The van der Waals surface area contributed by atoms with E-state index in [0.29, 0.717) is 22.9 Å². The number of aryl methyl sites for hydroxylation is 2. The lowest BCUT2D eigenvalue weighted by molar-refractivity contribution is -0.115. The summed E-state index contributed by atoms with van der Waals surface area (Å²) in [4.78, 5) is 16.8. The SMILES string of the molecule is CCOc1ccc(NC(=O)[C@H](C)Sc2nc(C)cc(C)c2C#N)cc1. The second-order valence-electron chi connectivity index (χ2n) is 5.58. The molecular weight excluding hydrogens is 334 g/mol. The van der Waals surface area contributed by atoms with Gasteiger partial charge >= 0.3 is 0 Å². The summed E-state index contributed by atoms with van der Waals surface area (Å²) in [6, 6.07) is 11.3. The fourth-order valence-electron chi connectivity index (χ4n) is 2.29. The van der Waals surface area contributed by atoms with Crippen molar-refractivity contribution in [2.24, 2.45) is 0 Å². The Hall–Kier alpha value is -2.52. The highest BCUT2D eigenvalue weighted by molar-refractivity contribution is 8.00. The van der Waals surface area contributed by atoms with Crippen LogP contribution >= 0.6 is 11.8 Å². The molecular formula is C19H21N3O2S. The first-order chi connectivity index (χ1) is 11.9. The highest BCUT2D eigenvalue weighted by atomic mass is 32.2. The first-order valence-corrected chi connectivity index (χ1v) is 8.91. The van der Waals surface area contributed by atoms with Crippen molar-refractivity contribution in [3.63, 3.8) is 0 Å². The van der Waals surface area contributed by atoms with Crippen LogP contribution in [0.15, 0.2) is 35.4 Å². The van der Waals surface area contributed by atoms with Gasteiger partial charge in [-0.05, 0) is 63.6 Å². The molecule has 0 fully saturated rings. The van der Waals surface area contributed by atoms with Crippen molar-refractivity contribution in [1.82, 2.24) is 4.98 Å². The van der Waals surface area contributed by atoms with Crippen molar-refractivity contribution >= 4 is 23.4 Å². The largest absolute Gasteiger partial charge is 0.494 e. The average molecular weight is 355 g/mol. The lowest BCUT2D eigenvalue weighted by Gasteiger charge is -2.14. The van der Waals surface area contributed by atoms with E-state index in [1.165, 1.54) is 11.8 Å². The number of hydrogen-bond donors (Lipinski definition) is 1. The van der Waals surface area contributed by atoms with Gasteiger partial charge in [0.1, 0.15) is 16.8 Å².